The van der Waals surface area contributed by atoms with Crippen molar-refractivity contribution in [2.45, 2.75) is 39.2 Å². The fraction of sp³-hybridized carbons (Fsp3) is 0.538. The van der Waals surface area contributed by atoms with Gasteiger partial charge in [0.15, 0.2) is 0 Å². The number of phenols is 1. The monoisotopic (exact) mass is 283 g/mol. The van der Waals surface area contributed by atoms with E-state index in [1.54, 1.807) is 0 Å². The first kappa shape index (κ1) is 11.9. The third-order valence-corrected chi connectivity index (χ3v) is 4.60. The van der Waals surface area contributed by atoms with Gasteiger partial charge < -0.3 is 10.4 Å². The lowest BCUT2D eigenvalue weighted by Gasteiger charge is -2.29. The van der Waals surface area contributed by atoms with Crippen molar-refractivity contribution in [3.8, 4) is 5.75 Å². The van der Waals surface area contributed by atoms with Crippen LogP contribution in [-0.2, 0) is 5.54 Å². The summed E-state index contributed by atoms with van der Waals surface area (Å²) in [5.41, 5.74) is 3.70. The molecular formula is C13H18BrNO. The second-order valence-electron chi connectivity index (χ2n) is 4.89. The van der Waals surface area contributed by atoms with Crippen LogP contribution in [0.1, 0.15) is 36.5 Å². The van der Waals surface area contributed by atoms with E-state index >= 15 is 0 Å². The molecule has 1 aliphatic heterocycles. The number of rotatable bonds is 1. The molecule has 3 heteroatoms. The standard InChI is InChI=1S/C13H18BrNO/c1-8-7-10(16)12(14)9(2)11(8)13(3)5-4-6-15-13/h7,15-16H,4-6H2,1-3H3. The van der Waals surface area contributed by atoms with Gasteiger partial charge in [0, 0.05) is 5.54 Å². The molecule has 2 nitrogen and oxygen atoms in total. The molecule has 0 saturated carbocycles. The Morgan fingerprint density at radius 2 is 2.12 bits per heavy atom. The van der Waals surface area contributed by atoms with Crippen molar-refractivity contribution in [2.24, 2.45) is 0 Å². The van der Waals surface area contributed by atoms with Crippen LogP contribution in [0.25, 0.3) is 0 Å². The summed E-state index contributed by atoms with van der Waals surface area (Å²) in [5, 5.41) is 13.3. The number of hydrogen-bond acceptors (Lipinski definition) is 2. The molecule has 0 aliphatic carbocycles. The number of halogens is 1. The van der Waals surface area contributed by atoms with Crippen molar-refractivity contribution < 1.29 is 5.11 Å². The zero-order valence-electron chi connectivity index (χ0n) is 10.0. The SMILES string of the molecule is Cc1cc(O)c(Br)c(C)c1C1(C)CCCN1. The number of nitrogens with one attached hydrogen (secondary N) is 1. The highest BCUT2D eigenvalue weighted by Crippen LogP contribution is 2.40. The van der Waals surface area contributed by atoms with Crippen molar-refractivity contribution in [3.63, 3.8) is 0 Å². The van der Waals surface area contributed by atoms with E-state index in [1.807, 2.05) is 6.07 Å². The molecule has 0 radical (unpaired) electrons. The summed E-state index contributed by atoms with van der Waals surface area (Å²) in [4.78, 5) is 0. The van der Waals surface area contributed by atoms with Crippen LogP contribution >= 0.6 is 15.9 Å². The van der Waals surface area contributed by atoms with E-state index in [-0.39, 0.29) is 5.54 Å². The van der Waals surface area contributed by atoms with E-state index < -0.39 is 0 Å². The Kier molecular flexibility index (Phi) is 3.01. The van der Waals surface area contributed by atoms with Gasteiger partial charge in [-0.25, -0.2) is 0 Å². The maximum absolute atomic E-state index is 9.76. The van der Waals surface area contributed by atoms with Crippen molar-refractivity contribution >= 4 is 15.9 Å². The van der Waals surface area contributed by atoms with Gasteiger partial charge in [0.05, 0.1) is 4.47 Å². The lowest BCUT2D eigenvalue weighted by Crippen LogP contribution is -2.34. The zero-order valence-corrected chi connectivity index (χ0v) is 11.6. The van der Waals surface area contributed by atoms with Gasteiger partial charge in [-0.3, -0.25) is 0 Å². The first-order chi connectivity index (χ1) is 7.46. The Labute approximate surface area is 105 Å². The van der Waals surface area contributed by atoms with Crippen LogP contribution in [0.4, 0.5) is 0 Å². The van der Waals surface area contributed by atoms with E-state index in [0.29, 0.717) is 5.75 Å². The van der Waals surface area contributed by atoms with Gasteiger partial charge in [0.25, 0.3) is 0 Å². The lowest BCUT2D eigenvalue weighted by molar-refractivity contribution is 0.426. The molecule has 1 atom stereocenters. The quantitative estimate of drug-likeness (QED) is 0.828. The molecule has 88 valence electrons. The van der Waals surface area contributed by atoms with Crippen LogP contribution in [0.5, 0.6) is 5.75 Å². The predicted molar refractivity (Wildman–Crippen MR) is 69.9 cm³/mol. The number of benzene rings is 1. The Morgan fingerprint density at radius 3 is 2.69 bits per heavy atom. The van der Waals surface area contributed by atoms with E-state index in [0.717, 1.165) is 28.6 Å². The predicted octanol–water partition coefficient (Wildman–Crippen LogP) is 3.37. The van der Waals surface area contributed by atoms with Gasteiger partial charge in [-0.05, 0) is 78.8 Å². The van der Waals surface area contributed by atoms with Gasteiger partial charge in [-0.2, -0.15) is 0 Å². The van der Waals surface area contributed by atoms with Crippen molar-refractivity contribution in [1.29, 1.82) is 0 Å². The van der Waals surface area contributed by atoms with Crippen LogP contribution in [-0.4, -0.2) is 11.7 Å². The summed E-state index contributed by atoms with van der Waals surface area (Å²) in [6, 6.07) is 1.84. The van der Waals surface area contributed by atoms with Crippen molar-refractivity contribution in [2.75, 3.05) is 6.54 Å². The maximum Gasteiger partial charge on any atom is 0.130 e. The Bertz CT molecular complexity index is 422. The summed E-state index contributed by atoms with van der Waals surface area (Å²) >= 11 is 3.46. The first-order valence-electron chi connectivity index (χ1n) is 5.70. The van der Waals surface area contributed by atoms with Crippen molar-refractivity contribution in [1.82, 2.24) is 5.32 Å². The fourth-order valence-corrected chi connectivity index (χ4v) is 3.21. The van der Waals surface area contributed by atoms with Gasteiger partial charge in [-0.1, -0.05) is 0 Å². The molecule has 1 saturated heterocycles. The molecule has 2 rings (SSSR count). The highest BCUT2D eigenvalue weighted by atomic mass is 79.9. The van der Waals surface area contributed by atoms with Gasteiger partial charge in [0.2, 0.25) is 0 Å². The number of aromatic hydroxyl groups is 1. The average Bonchev–Trinajstić information content (AvgIpc) is 2.62. The molecule has 1 fully saturated rings. The second kappa shape index (κ2) is 4.04. The zero-order chi connectivity index (χ0) is 11.9. The van der Waals surface area contributed by atoms with E-state index in [1.165, 1.54) is 12.0 Å². The summed E-state index contributed by atoms with van der Waals surface area (Å²) in [6.45, 7) is 7.46. The molecule has 16 heavy (non-hydrogen) atoms. The normalized spacial score (nSPS) is 25.0. The molecule has 0 amide bonds. The number of aryl methyl sites for hydroxylation is 1. The van der Waals surface area contributed by atoms with Crippen LogP contribution in [0, 0.1) is 13.8 Å². The van der Waals surface area contributed by atoms with Crippen LogP contribution in [0.15, 0.2) is 10.5 Å². The molecule has 0 bridgehead atoms. The molecule has 1 aliphatic rings. The minimum atomic E-state index is 0.0599. The lowest BCUT2D eigenvalue weighted by atomic mass is 9.84. The third kappa shape index (κ3) is 1.76. The first-order valence-corrected chi connectivity index (χ1v) is 6.49. The Hall–Kier alpha value is -0.540. The van der Waals surface area contributed by atoms with E-state index in [9.17, 15) is 5.11 Å². The number of phenolic OH excluding ortho intramolecular Hbond substituents is 1. The summed E-state index contributed by atoms with van der Waals surface area (Å²) < 4.78 is 0.822. The topological polar surface area (TPSA) is 32.3 Å². The second-order valence-corrected chi connectivity index (χ2v) is 5.68. The van der Waals surface area contributed by atoms with Crippen LogP contribution < -0.4 is 5.32 Å². The van der Waals surface area contributed by atoms with E-state index in [2.05, 4.69) is 42.0 Å². The Morgan fingerprint density at radius 1 is 1.44 bits per heavy atom. The summed E-state index contributed by atoms with van der Waals surface area (Å²) in [6.07, 6.45) is 2.37. The maximum atomic E-state index is 9.76. The molecule has 1 aromatic carbocycles. The van der Waals surface area contributed by atoms with Gasteiger partial charge >= 0.3 is 0 Å². The molecule has 0 spiro atoms. The highest BCUT2D eigenvalue weighted by molar-refractivity contribution is 9.10. The fourth-order valence-electron chi connectivity index (χ4n) is 2.90. The van der Waals surface area contributed by atoms with Gasteiger partial charge in [0.1, 0.15) is 5.75 Å². The molecule has 1 unspecified atom stereocenters. The average molecular weight is 284 g/mol. The third-order valence-electron chi connectivity index (χ3n) is 3.60. The molecule has 1 aromatic rings. The summed E-state index contributed by atoms with van der Waals surface area (Å²) in [7, 11) is 0. The minimum Gasteiger partial charge on any atom is -0.507 e. The minimum absolute atomic E-state index is 0.0599. The van der Waals surface area contributed by atoms with Crippen LogP contribution in [0.2, 0.25) is 0 Å². The molecule has 0 aromatic heterocycles. The van der Waals surface area contributed by atoms with E-state index in [4.69, 9.17) is 0 Å². The smallest absolute Gasteiger partial charge is 0.130 e. The number of hydrogen-bond donors (Lipinski definition) is 2. The highest BCUT2D eigenvalue weighted by Gasteiger charge is 2.33. The Balaban J connectivity index is 2.60. The molecular weight excluding hydrogens is 266 g/mol. The molecule has 1 heterocycles. The van der Waals surface area contributed by atoms with Gasteiger partial charge in [-0.15, -0.1) is 0 Å². The summed E-state index contributed by atoms with van der Waals surface area (Å²) in [5.74, 6) is 0.334. The molecule has 2 N–H and O–H groups in total. The van der Waals surface area contributed by atoms with Crippen molar-refractivity contribution in [3.05, 3.63) is 27.2 Å². The van der Waals surface area contributed by atoms with Crippen LogP contribution in [0.3, 0.4) is 0 Å². The largest absolute Gasteiger partial charge is 0.507 e.